The third-order valence-electron chi connectivity index (χ3n) is 2.86. The van der Waals surface area contributed by atoms with Crippen molar-refractivity contribution in [3.05, 3.63) is 56.9 Å². The Kier molecular flexibility index (Phi) is 5.46. The zero-order valence-electron chi connectivity index (χ0n) is 13.0. The van der Waals surface area contributed by atoms with Gasteiger partial charge in [0.25, 0.3) is 11.5 Å². The molecule has 0 radical (unpaired) electrons. The largest absolute Gasteiger partial charge is 0.452 e. The van der Waals surface area contributed by atoms with Gasteiger partial charge in [0.05, 0.1) is 0 Å². The Morgan fingerprint density at radius 3 is 2.20 bits per heavy atom. The third kappa shape index (κ3) is 5.16. The van der Waals surface area contributed by atoms with Crippen LogP contribution in [0.15, 0.2) is 40.1 Å². The fourth-order valence-electron chi connectivity index (χ4n) is 1.81. The standard InChI is InChI=1S/C15H14N4O6/c1-8(20)17-9-2-4-10(5-3-9)18-12(21)7-25-14(23)11-6-16-15(24)19-13(11)22/h2-6H,7H2,1H3,(H,17,20)(H,18,21)(H2,16,19,22,24). The summed E-state index contributed by atoms with van der Waals surface area (Å²) < 4.78 is 4.71. The van der Waals surface area contributed by atoms with Crippen molar-refractivity contribution in [2.45, 2.75) is 6.92 Å². The molecule has 0 aliphatic rings. The fraction of sp³-hybridized carbons (Fsp3) is 0.133. The molecule has 0 bridgehead atoms. The first-order valence-corrected chi connectivity index (χ1v) is 7.02. The molecular formula is C15H14N4O6. The summed E-state index contributed by atoms with van der Waals surface area (Å²) >= 11 is 0. The molecule has 130 valence electrons. The second kappa shape index (κ2) is 7.73. The predicted molar refractivity (Wildman–Crippen MR) is 87.3 cm³/mol. The molecule has 10 nitrogen and oxygen atoms in total. The van der Waals surface area contributed by atoms with Gasteiger partial charge in [-0.3, -0.25) is 19.4 Å². The Balaban J connectivity index is 1.90. The molecule has 0 spiro atoms. The van der Waals surface area contributed by atoms with Gasteiger partial charge in [-0.1, -0.05) is 0 Å². The van der Waals surface area contributed by atoms with Crippen LogP contribution in [-0.4, -0.2) is 34.4 Å². The van der Waals surface area contributed by atoms with E-state index in [0.717, 1.165) is 6.20 Å². The number of ether oxygens (including phenoxy) is 1. The Labute approximate surface area is 140 Å². The van der Waals surface area contributed by atoms with Crippen molar-refractivity contribution >= 4 is 29.2 Å². The molecule has 1 aromatic carbocycles. The summed E-state index contributed by atoms with van der Waals surface area (Å²) in [7, 11) is 0. The minimum atomic E-state index is -1.05. The van der Waals surface area contributed by atoms with E-state index in [1.165, 1.54) is 6.92 Å². The Hall–Kier alpha value is -3.69. The maximum Gasteiger partial charge on any atom is 0.345 e. The number of benzene rings is 1. The summed E-state index contributed by atoms with van der Waals surface area (Å²) in [5.41, 5.74) is -1.11. The first-order valence-electron chi connectivity index (χ1n) is 7.02. The van der Waals surface area contributed by atoms with E-state index in [2.05, 4.69) is 15.6 Å². The van der Waals surface area contributed by atoms with Crippen molar-refractivity contribution < 1.29 is 19.1 Å². The van der Waals surface area contributed by atoms with Crippen molar-refractivity contribution in [1.29, 1.82) is 0 Å². The van der Waals surface area contributed by atoms with E-state index in [-0.39, 0.29) is 5.91 Å². The van der Waals surface area contributed by atoms with E-state index < -0.39 is 35.3 Å². The van der Waals surface area contributed by atoms with Gasteiger partial charge in [-0.25, -0.2) is 9.59 Å². The van der Waals surface area contributed by atoms with Gasteiger partial charge < -0.3 is 20.4 Å². The van der Waals surface area contributed by atoms with Crippen molar-refractivity contribution in [1.82, 2.24) is 9.97 Å². The lowest BCUT2D eigenvalue weighted by Gasteiger charge is -2.07. The molecule has 1 heterocycles. The molecule has 0 aliphatic carbocycles. The number of aromatic amines is 2. The Morgan fingerprint density at radius 2 is 1.64 bits per heavy atom. The summed E-state index contributed by atoms with van der Waals surface area (Å²) in [4.78, 5) is 60.6. The van der Waals surface area contributed by atoms with Crippen LogP contribution in [-0.2, 0) is 14.3 Å². The second-order valence-corrected chi connectivity index (χ2v) is 4.87. The summed E-state index contributed by atoms with van der Waals surface area (Å²) in [6, 6.07) is 6.28. The number of rotatable bonds is 5. The minimum absolute atomic E-state index is 0.221. The van der Waals surface area contributed by atoms with E-state index in [1.54, 1.807) is 24.3 Å². The van der Waals surface area contributed by atoms with Gasteiger partial charge in [-0.05, 0) is 24.3 Å². The van der Waals surface area contributed by atoms with Crippen LogP contribution in [0, 0.1) is 0 Å². The summed E-state index contributed by atoms with van der Waals surface area (Å²) in [6.07, 6.45) is 0.905. The van der Waals surface area contributed by atoms with Crippen LogP contribution in [0.2, 0.25) is 0 Å². The normalized spacial score (nSPS) is 9.96. The van der Waals surface area contributed by atoms with Gasteiger partial charge >= 0.3 is 11.7 Å². The van der Waals surface area contributed by atoms with Gasteiger partial charge in [0.15, 0.2) is 6.61 Å². The minimum Gasteiger partial charge on any atom is -0.452 e. The molecule has 2 aromatic rings. The first kappa shape index (κ1) is 17.7. The van der Waals surface area contributed by atoms with Crippen molar-refractivity contribution in [2.24, 2.45) is 0 Å². The number of carbonyl (C=O) groups is 3. The number of H-pyrrole nitrogens is 2. The van der Waals surface area contributed by atoms with Gasteiger partial charge in [0.1, 0.15) is 5.56 Å². The highest BCUT2D eigenvalue weighted by molar-refractivity contribution is 5.95. The van der Waals surface area contributed by atoms with Crippen LogP contribution in [0.5, 0.6) is 0 Å². The number of amides is 2. The van der Waals surface area contributed by atoms with Gasteiger partial charge in [0.2, 0.25) is 5.91 Å². The quantitative estimate of drug-likeness (QED) is 0.551. The second-order valence-electron chi connectivity index (χ2n) is 4.87. The summed E-state index contributed by atoms with van der Waals surface area (Å²) in [5.74, 6) is -1.89. The number of esters is 1. The highest BCUT2D eigenvalue weighted by Crippen LogP contribution is 2.13. The average Bonchev–Trinajstić information content (AvgIpc) is 2.54. The van der Waals surface area contributed by atoms with Crippen LogP contribution in [0.25, 0.3) is 0 Å². The number of carbonyl (C=O) groups excluding carboxylic acids is 3. The molecule has 25 heavy (non-hydrogen) atoms. The van der Waals surface area contributed by atoms with Crippen molar-refractivity contribution in [3.8, 4) is 0 Å². The Morgan fingerprint density at radius 1 is 1.04 bits per heavy atom. The van der Waals surface area contributed by atoms with Crippen LogP contribution in [0.3, 0.4) is 0 Å². The van der Waals surface area contributed by atoms with Crippen molar-refractivity contribution in [2.75, 3.05) is 17.2 Å². The molecule has 2 rings (SSSR count). The van der Waals surface area contributed by atoms with Crippen LogP contribution in [0.1, 0.15) is 17.3 Å². The zero-order chi connectivity index (χ0) is 18.4. The topological polar surface area (TPSA) is 150 Å². The van der Waals surface area contributed by atoms with Crippen LogP contribution in [0.4, 0.5) is 11.4 Å². The maximum absolute atomic E-state index is 11.7. The maximum atomic E-state index is 11.7. The van der Waals surface area contributed by atoms with E-state index in [9.17, 15) is 24.0 Å². The zero-order valence-corrected chi connectivity index (χ0v) is 13.0. The number of hydrogen-bond donors (Lipinski definition) is 4. The van der Waals surface area contributed by atoms with Crippen LogP contribution >= 0.6 is 0 Å². The van der Waals surface area contributed by atoms with E-state index in [4.69, 9.17) is 4.74 Å². The monoisotopic (exact) mass is 346 g/mol. The number of anilines is 2. The van der Waals surface area contributed by atoms with Gasteiger partial charge in [0, 0.05) is 24.5 Å². The lowest BCUT2D eigenvalue weighted by molar-refractivity contribution is -0.119. The molecular weight excluding hydrogens is 332 g/mol. The molecule has 2 amide bonds. The first-order chi connectivity index (χ1) is 11.8. The van der Waals surface area contributed by atoms with Crippen LogP contribution < -0.4 is 21.9 Å². The molecule has 0 unspecified atom stereocenters. The number of aromatic nitrogens is 2. The molecule has 0 saturated carbocycles. The highest BCUT2D eigenvalue weighted by Gasteiger charge is 2.14. The summed E-state index contributed by atoms with van der Waals surface area (Å²) in [6.45, 7) is 0.752. The van der Waals surface area contributed by atoms with E-state index >= 15 is 0 Å². The highest BCUT2D eigenvalue weighted by atomic mass is 16.5. The third-order valence-corrected chi connectivity index (χ3v) is 2.86. The lowest BCUT2D eigenvalue weighted by Crippen LogP contribution is -2.29. The molecule has 1 aromatic heterocycles. The molecule has 0 aliphatic heterocycles. The number of hydrogen-bond acceptors (Lipinski definition) is 6. The molecule has 0 fully saturated rings. The molecule has 4 N–H and O–H groups in total. The molecule has 0 saturated heterocycles. The number of nitrogens with one attached hydrogen (secondary N) is 4. The van der Waals surface area contributed by atoms with Gasteiger partial charge in [-0.15, -0.1) is 0 Å². The summed E-state index contributed by atoms with van der Waals surface area (Å²) in [5, 5.41) is 5.05. The SMILES string of the molecule is CC(=O)Nc1ccc(NC(=O)COC(=O)c2c[nH]c(=O)[nH]c2=O)cc1. The van der Waals surface area contributed by atoms with E-state index in [1.807, 2.05) is 4.98 Å². The Bertz CT molecular complexity index is 913. The molecule has 10 heteroatoms. The smallest absolute Gasteiger partial charge is 0.345 e. The average molecular weight is 346 g/mol. The predicted octanol–water partition coefficient (Wildman–Crippen LogP) is -0.183. The van der Waals surface area contributed by atoms with E-state index in [0.29, 0.717) is 11.4 Å². The van der Waals surface area contributed by atoms with Gasteiger partial charge in [-0.2, -0.15) is 0 Å². The fourth-order valence-corrected chi connectivity index (χ4v) is 1.81. The lowest BCUT2D eigenvalue weighted by atomic mass is 10.2. The van der Waals surface area contributed by atoms with Crippen molar-refractivity contribution in [3.63, 3.8) is 0 Å². The molecule has 0 atom stereocenters.